The molecule has 0 spiro atoms. The Balaban J connectivity index is 2.37. The molecule has 1 heterocycles. The predicted octanol–water partition coefficient (Wildman–Crippen LogP) is 0.652. The maximum absolute atomic E-state index is 11.4. The first-order valence-corrected chi connectivity index (χ1v) is 5.29. The Kier molecular flexibility index (Phi) is 4.50. The van der Waals surface area contributed by atoms with Crippen LogP contribution in [0, 0.1) is 5.92 Å². The van der Waals surface area contributed by atoms with Crippen molar-refractivity contribution < 1.29 is 14.7 Å². The minimum atomic E-state index is -0.908. The number of urea groups is 1. The fraction of sp³-hybridized carbons (Fsp3) is 0.500. The minimum absolute atomic E-state index is 0.109. The van der Waals surface area contributed by atoms with Gasteiger partial charge in [-0.15, -0.1) is 0 Å². The van der Waals surface area contributed by atoms with Crippen LogP contribution in [0.15, 0.2) is 12.4 Å². The number of carboxylic acid groups (broad SMARTS) is 1. The first-order chi connectivity index (χ1) is 8.02. The number of hydrogen-bond donors (Lipinski definition) is 3. The molecule has 0 saturated carbocycles. The second kappa shape index (κ2) is 5.88. The number of carbonyl (C=O) groups is 2. The highest BCUT2D eigenvalue weighted by molar-refractivity contribution is 5.89. The maximum Gasteiger partial charge on any atom is 0.319 e. The number of carboxylic acids is 1. The summed E-state index contributed by atoms with van der Waals surface area (Å²) >= 11 is 0. The van der Waals surface area contributed by atoms with Crippen LogP contribution in [-0.2, 0) is 11.8 Å². The van der Waals surface area contributed by atoms with Crippen LogP contribution >= 0.6 is 0 Å². The highest BCUT2D eigenvalue weighted by Crippen LogP contribution is 2.04. The average molecular weight is 240 g/mol. The van der Waals surface area contributed by atoms with Gasteiger partial charge in [-0.1, -0.05) is 6.92 Å². The first-order valence-electron chi connectivity index (χ1n) is 5.29. The number of amides is 2. The Morgan fingerprint density at radius 1 is 1.59 bits per heavy atom. The molecule has 2 amide bonds. The number of nitrogens with zero attached hydrogens (tertiary/aromatic N) is 2. The molecule has 1 rings (SSSR count). The monoisotopic (exact) mass is 240 g/mol. The van der Waals surface area contributed by atoms with Crippen molar-refractivity contribution in [3.8, 4) is 0 Å². The van der Waals surface area contributed by atoms with Crippen LogP contribution in [-0.4, -0.2) is 33.4 Å². The van der Waals surface area contributed by atoms with Crippen molar-refractivity contribution in [3.63, 3.8) is 0 Å². The van der Waals surface area contributed by atoms with Crippen molar-refractivity contribution >= 4 is 17.7 Å². The predicted molar refractivity (Wildman–Crippen MR) is 61.6 cm³/mol. The lowest BCUT2D eigenvalue weighted by molar-refractivity contribution is -0.141. The molecule has 0 aliphatic heterocycles. The molecule has 0 saturated heterocycles. The van der Waals surface area contributed by atoms with E-state index in [0.717, 1.165) is 0 Å². The van der Waals surface area contributed by atoms with Gasteiger partial charge >= 0.3 is 12.0 Å². The van der Waals surface area contributed by atoms with E-state index >= 15 is 0 Å². The van der Waals surface area contributed by atoms with E-state index in [1.807, 2.05) is 0 Å². The molecule has 1 atom stereocenters. The Hall–Kier alpha value is -2.05. The van der Waals surface area contributed by atoms with Crippen molar-refractivity contribution in [2.75, 3.05) is 11.9 Å². The smallest absolute Gasteiger partial charge is 0.319 e. The van der Waals surface area contributed by atoms with E-state index in [1.54, 1.807) is 24.9 Å². The molecule has 7 nitrogen and oxygen atoms in total. The Labute approximate surface area is 98.8 Å². The zero-order valence-electron chi connectivity index (χ0n) is 9.80. The summed E-state index contributed by atoms with van der Waals surface area (Å²) in [5.41, 5.74) is 0.563. The van der Waals surface area contributed by atoms with E-state index in [0.29, 0.717) is 12.1 Å². The normalized spacial score (nSPS) is 11.9. The summed E-state index contributed by atoms with van der Waals surface area (Å²) in [6.07, 6.45) is 3.63. The van der Waals surface area contributed by atoms with Crippen LogP contribution < -0.4 is 10.6 Å². The molecular weight excluding hydrogens is 224 g/mol. The summed E-state index contributed by atoms with van der Waals surface area (Å²) in [5, 5.41) is 17.7. The fourth-order valence-corrected chi connectivity index (χ4v) is 1.28. The van der Waals surface area contributed by atoms with Crippen LogP contribution in [0.2, 0.25) is 0 Å². The summed E-state index contributed by atoms with van der Waals surface area (Å²) in [5.74, 6) is -1.47. The van der Waals surface area contributed by atoms with E-state index in [2.05, 4.69) is 15.7 Å². The van der Waals surface area contributed by atoms with Crippen LogP contribution in [0.4, 0.5) is 10.5 Å². The fourth-order valence-electron chi connectivity index (χ4n) is 1.28. The third kappa shape index (κ3) is 4.13. The molecule has 0 aliphatic carbocycles. The minimum Gasteiger partial charge on any atom is -0.481 e. The second-order valence-electron chi connectivity index (χ2n) is 3.68. The number of aryl methyl sites for hydroxylation is 1. The molecule has 0 aliphatic rings. The van der Waals surface area contributed by atoms with Gasteiger partial charge in [0.1, 0.15) is 0 Å². The number of nitrogens with one attached hydrogen (secondary N) is 2. The van der Waals surface area contributed by atoms with Crippen molar-refractivity contribution in [1.82, 2.24) is 15.1 Å². The van der Waals surface area contributed by atoms with Crippen molar-refractivity contribution in [1.29, 1.82) is 0 Å². The zero-order chi connectivity index (χ0) is 12.8. The molecule has 1 aromatic heterocycles. The number of aliphatic carboxylic acids is 1. The van der Waals surface area contributed by atoms with Crippen molar-refractivity contribution in [2.24, 2.45) is 13.0 Å². The zero-order valence-corrected chi connectivity index (χ0v) is 9.80. The van der Waals surface area contributed by atoms with Gasteiger partial charge in [0.25, 0.3) is 0 Å². The van der Waals surface area contributed by atoms with Gasteiger partial charge in [0.15, 0.2) is 0 Å². The summed E-state index contributed by atoms with van der Waals surface area (Å²) in [6, 6.07) is -0.433. The quantitative estimate of drug-likeness (QED) is 0.704. The van der Waals surface area contributed by atoms with Gasteiger partial charge in [-0.2, -0.15) is 5.10 Å². The highest BCUT2D eigenvalue weighted by Gasteiger charge is 2.15. The molecule has 0 radical (unpaired) electrons. The topological polar surface area (TPSA) is 96.3 Å². The van der Waals surface area contributed by atoms with Crippen molar-refractivity contribution in [3.05, 3.63) is 12.4 Å². The molecule has 1 unspecified atom stereocenters. The lowest BCUT2D eigenvalue weighted by atomic mass is 10.1. The number of aromatic nitrogens is 2. The largest absolute Gasteiger partial charge is 0.481 e. The molecule has 17 heavy (non-hydrogen) atoms. The molecule has 94 valence electrons. The van der Waals surface area contributed by atoms with E-state index in [9.17, 15) is 9.59 Å². The van der Waals surface area contributed by atoms with Crippen LogP contribution in [0.3, 0.4) is 0 Å². The summed E-state index contributed by atoms with van der Waals surface area (Å²) in [6.45, 7) is 1.87. The average Bonchev–Trinajstić information content (AvgIpc) is 2.64. The maximum atomic E-state index is 11.4. The molecule has 0 fully saturated rings. The highest BCUT2D eigenvalue weighted by atomic mass is 16.4. The Morgan fingerprint density at radius 2 is 2.29 bits per heavy atom. The lowest BCUT2D eigenvalue weighted by Gasteiger charge is -2.11. The van der Waals surface area contributed by atoms with Gasteiger partial charge in [-0.05, 0) is 6.42 Å². The third-order valence-corrected chi connectivity index (χ3v) is 2.31. The van der Waals surface area contributed by atoms with Gasteiger partial charge in [0, 0.05) is 19.8 Å². The molecule has 3 N–H and O–H groups in total. The Morgan fingerprint density at radius 3 is 2.76 bits per heavy atom. The number of carbonyl (C=O) groups excluding carboxylic acids is 1. The lowest BCUT2D eigenvalue weighted by Crippen LogP contribution is -2.35. The van der Waals surface area contributed by atoms with E-state index in [1.165, 1.54) is 6.20 Å². The van der Waals surface area contributed by atoms with E-state index in [4.69, 9.17) is 5.11 Å². The molecule has 0 bridgehead atoms. The summed E-state index contributed by atoms with van der Waals surface area (Å²) in [4.78, 5) is 22.1. The molecule has 0 aromatic carbocycles. The third-order valence-electron chi connectivity index (χ3n) is 2.31. The van der Waals surface area contributed by atoms with Gasteiger partial charge < -0.3 is 15.7 Å². The number of anilines is 1. The van der Waals surface area contributed by atoms with Gasteiger partial charge in [0.2, 0.25) is 0 Å². The van der Waals surface area contributed by atoms with Gasteiger partial charge in [-0.25, -0.2) is 4.79 Å². The second-order valence-corrected chi connectivity index (χ2v) is 3.68. The van der Waals surface area contributed by atoms with E-state index < -0.39 is 17.9 Å². The Bertz CT molecular complexity index is 402. The molecular formula is C10H16N4O3. The first kappa shape index (κ1) is 13.0. The number of rotatable bonds is 5. The van der Waals surface area contributed by atoms with E-state index in [-0.39, 0.29) is 6.54 Å². The van der Waals surface area contributed by atoms with Crippen LogP contribution in [0.5, 0.6) is 0 Å². The molecule has 7 heteroatoms. The van der Waals surface area contributed by atoms with Crippen molar-refractivity contribution in [2.45, 2.75) is 13.3 Å². The molecule has 1 aromatic rings. The summed E-state index contributed by atoms with van der Waals surface area (Å²) < 4.78 is 1.56. The SMILES string of the molecule is CCC(CNC(=O)Nc1cnn(C)c1)C(=O)O. The van der Waals surface area contributed by atoms with Crippen LogP contribution in [0.25, 0.3) is 0 Å². The van der Waals surface area contributed by atoms with Gasteiger partial charge in [-0.3, -0.25) is 9.48 Å². The number of hydrogen-bond acceptors (Lipinski definition) is 3. The van der Waals surface area contributed by atoms with Crippen LogP contribution in [0.1, 0.15) is 13.3 Å². The standard InChI is InChI=1S/C10H16N4O3/c1-3-7(9(15)16)4-11-10(17)13-8-5-12-14(2)6-8/h5-7H,3-4H2,1-2H3,(H,15,16)(H2,11,13,17). The van der Waals surface area contributed by atoms with Gasteiger partial charge in [0.05, 0.1) is 17.8 Å². The summed E-state index contributed by atoms with van der Waals surface area (Å²) in [7, 11) is 1.74.